The highest BCUT2D eigenvalue weighted by molar-refractivity contribution is 7.80. The zero-order valence-corrected chi connectivity index (χ0v) is 17.5. The molecule has 1 aromatic carbocycles. The van der Waals surface area contributed by atoms with Crippen molar-refractivity contribution in [2.24, 2.45) is 0 Å². The fourth-order valence-electron chi connectivity index (χ4n) is 3.55. The SMILES string of the molecule is Cc1c(Cl)cccc1NC(=S)N(CC[NH+]1CCCCCC1)Cc1ccco1. The molecule has 0 atom stereocenters. The predicted molar refractivity (Wildman–Crippen MR) is 116 cm³/mol. The van der Waals surface area contributed by atoms with E-state index in [0.29, 0.717) is 11.7 Å². The summed E-state index contributed by atoms with van der Waals surface area (Å²) in [6.07, 6.45) is 7.11. The third-order valence-corrected chi connectivity index (χ3v) is 6.04. The van der Waals surface area contributed by atoms with Crippen molar-refractivity contribution >= 4 is 34.6 Å². The van der Waals surface area contributed by atoms with E-state index in [0.717, 1.165) is 35.1 Å². The summed E-state index contributed by atoms with van der Waals surface area (Å²) in [6, 6.07) is 9.77. The molecule has 146 valence electrons. The van der Waals surface area contributed by atoms with E-state index >= 15 is 0 Å². The van der Waals surface area contributed by atoms with Crippen LogP contribution < -0.4 is 10.2 Å². The monoisotopic (exact) mass is 406 g/mol. The van der Waals surface area contributed by atoms with Crippen LogP contribution >= 0.6 is 23.8 Å². The van der Waals surface area contributed by atoms with Crippen molar-refractivity contribution in [3.63, 3.8) is 0 Å². The van der Waals surface area contributed by atoms with Gasteiger partial charge >= 0.3 is 0 Å². The first-order valence-electron chi connectivity index (χ1n) is 9.80. The van der Waals surface area contributed by atoms with E-state index in [1.165, 1.54) is 38.8 Å². The van der Waals surface area contributed by atoms with Crippen LogP contribution in [0.5, 0.6) is 0 Å². The van der Waals surface area contributed by atoms with Gasteiger partial charge in [-0.3, -0.25) is 0 Å². The van der Waals surface area contributed by atoms with Crippen LogP contribution in [-0.4, -0.2) is 36.2 Å². The normalized spacial score (nSPS) is 15.3. The van der Waals surface area contributed by atoms with Gasteiger partial charge in [0.05, 0.1) is 39.0 Å². The average molecular weight is 407 g/mol. The van der Waals surface area contributed by atoms with Gasteiger partial charge in [0.1, 0.15) is 5.76 Å². The van der Waals surface area contributed by atoms with Gasteiger partial charge in [-0.15, -0.1) is 0 Å². The minimum absolute atomic E-state index is 0.672. The van der Waals surface area contributed by atoms with E-state index in [2.05, 4.69) is 10.2 Å². The topological polar surface area (TPSA) is 32.9 Å². The molecule has 1 saturated heterocycles. The van der Waals surface area contributed by atoms with Gasteiger partial charge in [0.15, 0.2) is 5.11 Å². The Morgan fingerprint density at radius 3 is 2.67 bits per heavy atom. The first kappa shape index (κ1) is 20.2. The minimum Gasteiger partial charge on any atom is -0.467 e. The van der Waals surface area contributed by atoms with Gasteiger partial charge in [-0.05, 0) is 74.7 Å². The molecule has 0 aliphatic carbocycles. The quantitative estimate of drug-likeness (QED) is 0.713. The third-order valence-electron chi connectivity index (χ3n) is 5.27. The Bertz CT molecular complexity index is 727. The summed E-state index contributed by atoms with van der Waals surface area (Å²) in [7, 11) is 0. The third kappa shape index (κ3) is 5.96. The van der Waals surface area contributed by atoms with E-state index in [-0.39, 0.29) is 0 Å². The average Bonchev–Trinajstić information content (AvgIpc) is 3.03. The number of anilines is 1. The highest BCUT2D eigenvalue weighted by atomic mass is 35.5. The number of nitrogens with zero attached hydrogens (tertiary/aromatic N) is 1. The van der Waals surface area contributed by atoms with Crippen LogP contribution in [0.2, 0.25) is 5.02 Å². The van der Waals surface area contributed by atoms with Crippen molar-refractivity contribution in [1.82, 2.24) is 4.90 Å². The molecule has 0 radical (unpaired) electrons. The fourth-order valence-corrected chi connectivity index (χ4v) is 3.99. The second-order valence-electron chi connectivity index (χ2n) is 7.26. The van der Waals surface area contributed by atoms with E-state index in [9.17, 15) is 0 Å². The molecule has 1 fully saturated rings. The maximum Gasteiger partial charge on any atom is 0.174 e. The van der Waals surface area contributed by atoms with Crippen molar-refractivity contribution in [3.05, 3.63) is 52.9 Å². The maximum atomic E-state index is 6.25. The smallest absolute Gasteiger partial charge is 0.174 e. The molecule has 0 unspecified atom stereocenters. The second-order valence-corrected chi connectivity index (χ2v) is 8.05. The van der Waals surface area contributed by atoms with Crippen molar-refractivity contribution in [3.8, 4) is 0 Å². The molecule has 2 aromatic rings. The summed E-state index contributed by atoms with van der Waals surface area (Å²) in [4.78, 5) is 3.88. The van der Waals surface area contributed by atoms with Crippen LogP contribution in [0.1, 0.15) is 37.0 Å². The lowest BCUT2D eigenvalue weighted by Gasteiger charge is -2.27. The highest BCUT2D eigenvalue weighted by Gasteiger charge is 2.18. The van der Waals surface area contributed by atoms with Gasteiger partial charge in [0, 0.05) is 10.7 Å². The first-order valence-corrected chi connectivity index (χ1v) is 10.6. The number of halogens is 1. The molecule has 6 heteroatoms. The van der Waals surface area contributed by atoms with Crippen molar-refractivity contribution in [2.45, 2.75) is 39.2 Å². The highest BCUT2D eigenvalue weighted by Crippen LogP contribution is 2.23. The van der Waals surface area contributed by atoms with E-state index in [4.69, 9.17) is 28.2 Å². The summed E-state index contributed by atoms with van der Waals surface area (Å²) in [5.41, 5.74) is 1.97. The fraction of sp³-hybridized carbons (Fsp3) is 0.476. The number of thiocarbonyl (C=S) groups is 1. The van der Waals surface area contributed by atoms with E-state index < -0.39 is 0 Å². The zero-order valence-electron chi connectivity index (χ0n) is 16.0. The lowest BCUT2D eigenvalue weighted by Crippen LogP contribution is -3.12. The molecule has 2 heterocycles. The Hall–Kier alpha value is -1.56. The number of benzene rings is 1. The van der Waals surface area contributed by atoms with Gasteiger partial charge in [0.25, 0.3) is 0 Å². The van der Waals surface area contributed by atoms with Crippen LogP contribution in [0.15, 0.2) is 41.0 Å². The Kier molecular flexibility index (Phi) is 7.56. The van der Waals surface area contributed by atoms with E-state index in [1.54, 1.807) is 11.2 Å². The molecule has 1 aromatic heterocycles. The van der Waals surface area contributed by atoms with Crippen LogP contribution in [0.25, 0.3) is 0 Å². The lowest BCUT2D eigenvalue weighted by atomic mass is 10.2. The van der Waals surface area contributed by atoms with Gasteiger partial charge in [-0.2, -0.15) is 0 Å². The maximum absolute atomic E-state index is 6.25. The Morgan fingerprint density at radius 1 is 1.19 bits per heavy atom. The molecule has 0 saturated carbocycles. The Balaban J connectivity index is 1.66. The van der Waals surface area contributed by atoms with Crippen LogP contribution in [0.3, 0.4) is 0 Å². The second kappa shape index (κ2) is 10.1. The summed E-state index contributed by atoms with van der Waals surface area (Å²) in [6.45, 7) is 7.21. The minimum atomic E-state index is 0.672. The van der Waals surface area contributed by atoms with Gasteiger partial charge in [-0.1, -0.05) is 17.7 Å². The molecular formula is C21H29ClN3OS+. The number of furan rings is 1. The number of quaternary nitrogens is 1. The molecule has 0 bridgehead atoms. The first-order chi connectivity index (χ1) is 13.1. The largest absolute Gasteiger partial charge is 0.467 e. The van der Waals surface area contributed by atoms with Crippen LogP contribution in [-0.2, 0) is 6.54 Å². The lowest BCUT2D eigenvalue weighted by molar-refractivity contribution is -0.898. The molecule has 1 aliphatic rings. The number of rotatable bonds is 6. The predicted octanol–water partition coefficient (Wildman–Crippen LogP) is 3.90. The van der Waals surface area contributed by atoms with Crippen molar-refractivity contribution in [2.75, 3.05) is 31.5 Å². The van der Waals surface area contributed by atoms with Gasteiger partial charge in [-0.25, -0.2) is 0 Å². The number of hydrogen-bond donors (Lipinski definition) is 2. The molecular weight excluding hydrogens is 378 g/mol. The summed E-state index contributed by atoms with van der Waals surface area (Å²) >= 11 is 12.0. The summed E-state index contributed by atoms with van der Waals surface area (Å²) in [5, 5.41) is 4.84. The van der Waals surface area contributed by atoms with Crippen LogP contribution in [0, 0.1) is 6.92 Å². The molecule has 27 heavy (non-hydrogen) atoms. The molecule has 1 aliphatic heterocycles. The standard InChI is InChI=1S/C21H28ClN3OS/c1-17-19(22)9-6-10-20(17)23-21(27)25(16-18-8-7-15-26-18)14-13-24-11-4-2-3-5-12-24/h6-10,15H,2-5,11-14,16H2,1H3,(H,23,27)/p+1. The Labute approximate surface area is 172 Å². The molecule has 3 rings (SSSR count). The van der Waals surface area contributed by atoms with Gasteiger partial charge in [0.2, 0.25) is 0 Å². The zero-order chi connectivity index (χ0) is 19.1. The molecule has 4 nitrogen and oxygen atoms in total. The number of likely N-dealkylation sites (tertiary alicyclic amines) is 1. The molecule has 2 N–H and O–H groups in total. The molecule has 0 spiro atoms. The van der Waals surface area contributed by atoms with Crippen molar-refractivity contribution < 1.29 is 9.32 Å². The summed E-state index contributed by atoms with van der Waals surface area (Å²) < 4.78 is 5.56. The molecule has 0 amide bonds. The number of hydrogen-bond acceptors (Lipinski definition) is 2. The number of nitrogens with one attached hydrogen (secondary N) is 2. The van der Waals surface area contributed by atoms with Crippen LogP contribution in [0.4, 0.5) is 5.69 Å². The van der Waals surface area contributed by atoms with E-state index in [1.807, 2.05) is 37.3 Å². The Morgan fingerprint density at radius 2 is 1.96 bits per heavy atom. The van der Waals surface area contributed by atoms with Crippen molar-refractivity contribution in [1.29, 1.82) is 0 Å². The summed E-state index contributed by atoms with van der Waals surface area (Å²) in [5.74, 6) is 0.924. The van der Waals surface area contributed by atoms with Gasteiger partial charge < -0.3 is 19.5 Å².